The second-order valence-electron chi connectivity index (χ2n) is 5.02. The van der Waals surface area contributed by atoms with Gasteiger partial charge < -0.3 is 5.32 Å². The lowest BCUT2D eigenvalue weighted by atomic mass is 10.1. The molecule has 0 saturated carbocycles. The van der Waals surface area contributed by atoms with Crippen LogP contribution in [0.1, 0.15) is 4.88 Å². The number of nitrogens with one attached hydrogen (secondary N) is 1. The standard InChI is InChI=1S/C17H15N3O2S/c1-12-14(9-10-23-12)18-16(21)11-20-17(22)8-7-15(19-20)13-5-3-2-4-6-13/h2-10H,11H2,1H3,(H,18,21). The summed E-state index contributed by atoms with van der Waals surface area (Å²) in [5.74, 6) is -0.272. The third kappa shape index (κ3) is 3.54. The van der Waals surface area contributed by atoms with Gasteiger partial charge in [-0.05, 0) is 24.4 Å². The molecule has 6 heteroatoms. The molecule has 0 atom stereocenters. The average molecular weight is 325 g/mol. The van der Waals surface area contributed by atoms with Gasteiger partial charge in [0.05, 0.1) is 11.4 Å². The van der Waals surface area contributed by atoms with Gasteiger partial charge in [0.1, 0.15) is 6.54 Å². The molecule has 0 saturated heterocycles. The van der Waals surface area contributed by atoms with E-state index in [4.69, 9.17) is 0 Å². The predicted octanol–water partition coefficient (Wildman–Crippen LogP) is 2.92. The number of carbonyl (C=O) groups excluding carboxylic acids is 1. The van der Waals surface area contributed by atoms with Gasteiger partial charge in [0.25, 0.3) is 5.56 Å². The molecule has 5 nitrogen and oxygen atoms in total. The minimum absolute atomic E-state index is 0.116. The summed E-state index contributed by atoms with van der Waals surface area (Å²) >= 11 is 1.56. The Labute approximate surface area is 137 Å². The maximum absolute atomic E-state index is 12.1. The normalized spacial score (nSPS) is 10.5. The largest absolute Gasteiger partial charge is 0.323 e. The van der Waals surface area contributed by atoms with Crippen LogP contribution in [-0.4, -0.2) is 15.7 Å². The summed E-state index contributed by atoms with van der Waals surface area (Å²) in [6.45, 7) is 1.81. The zero-order valence-corrected chi connectivity index (χ0v) is 13.3. The first-order valence-corrected chi connectivity index (χ1v) is 7.99. The number of amides is 1. The molecule has 0 aliphatic carbocycles. The molecule has 0 aliphatic heterocycles. The van der Waals surface area contributed by atoms with E-state index in [1.165, 1.54) is 10.7 Å². The van der Waals surface area contributed by atoms with Gasteiger partial charge in [-0.25, -0.2) is 4.68 Å². The Kier molecular flexibility index (Phi) is 4.34. The lowest BCUT2D eigenvalue weighted by molar-refractivity contribution is -0.117. The van der Waals surface area contributed by atoms with Crippen LogP contribution >= 0.6 is 11.3 Å². The number of hydrogen-bond donors (Lipinski definition) is 1. The van der Waals surface area contributed by atoms with Crippen molar-refractivity contribution >= 4 is 22.9 Å². The number of anilines is 1. The first-order chi connectivity index (χ1) is 11.1. The van der Waals surface area contributed by atoms with E-state index in [0.29, 0.717) is 5.69 Å². The van der Waals surface area contributed by atoms with Crippen LogP contribution in [0, 0.1) is 6.92 Å². The van der Waals surface area contributed by atoms with Gasteiger partial charge in [-0.1, -0.05) is 30.3 Å². The molecule has 2 aromatic heterocycles. The van der Waals surface area contributed by atoms with Crippen molar-refractivity contribution in [2.24, 2.45) is 0 Å². The van der Waals surface area contributed by atoms with E-state index in [-0.39, 0.29) is 18.0 Å². The molecule has 0 spiro atoms. The molecule has 0 radical (unpaired) electrons. The van der Waals surface area contributed by atoms with E-state index in [1.54, 1.807) is 17.4 Å². The topological polar surface area (TPSA) is 64.0 Å². The number of benzene rings is 1. The number of rotatable bonds is 4. The molecule has 3 rings (SSSR count). The van der Waals surface area contributed by atoms with E-state index in [9.17, 15) is 9.59 Å². The van der Waals surface area contributed by atoms with Crippen molar-refractivity contribution in [2.75, 3.05) is 5.32 Å². The Balaban J connectivity index is 1.81. The number of aromatic nitrogens is 2. The molecular formula is C17H15N3O2S. The van der Waals surface area contributed by atoms with Crippen molar-refractivity contribution in [2.45, 2.75) is 13.5 Å². The molecule has 1 amide bonds. The fourth-order valence-electron chi connectivity index (χ4n) is 2.17. The summed E-state index contributed by atoms with van der Waals surface area (Å²) in [5, 5.41) is 8.99. The highest BCUT2D eigenvalue weighted by Crippen LogP contribution is 2.20. The van der Waals surface area contributed by atoms with Crippen molar-refractivity contribution in [3.63, 3.8) is 0 Å². The van der Waals surface area contributed by atoms with Gasteiger partial charge in [-0.15, -0.1) is 11.3 Å². The highest BCUT2D eigenvalue weighted by molar-refractivity contribution is 7.10. The van der Waals surface area contributed by atoms with E-state index in [0.717, 1.165) is 16.1 Å². The summed E-state index contributed by atoms with van der Waals surface area (Å²) in [4.78, 5) is 25.1. The van der Waals surface area contributed by atoms with Crippen LogP contribution < -0.4 is 10.9 Å². The van der Waals surface area contributed by atoms with Crippen LogP contribution in [0.15, 0.2) is 58.7 Å². The minimum atomic E-state index is -0.304. The average Bonchev–Trinajstić information content (AvgIpc) is 2.95. The summed E-state index contributed by atoms with van der Waals surface area (Å²) in [5.41, 5.74) is 2.02. The Morgan fingerprint density at radius 1 is 1.17 bits per heavy atom. The molecular weight excluding hydrogens is 310 g/mol. The summed E-state index contributed by atoms with van der Waals surface area (Å²) in [6.07, 6.45) is 0. The third-order valence-electron chi connectivity index (χ3n) is 3.36. The first-order valence-electron chi connectivity index (χ1n) is 7.11. The van der Waals surface area contributed by atoms with E-state index in [1.807, 2.05) is 48.7 Å². The summed E-state index contributed by atoms with van der Waals surface area (Å²) in [7, 11) is 0. The van der Waals surface area contributed by atoms with Gasteiger partial charge in [-0.2, -0.15) is 5.10 Å². The second-order valence-corrected chi connectivity index (χ2v) is 6.14. The number of nitrogens with zero attached hydrogens (tertiary/aromatic N) is 2. The maximum atomic E-state index is 12.1. The van der Waals surface area contributed by atoms with Crippen LogP contribution in [0.2, 0.25) is 0 Å². The van der Waals surface area contributed by atoms with Crippen molar-refractivity contribution in [3.8, 4) is 11.3 Å². The zero-order chi connectivity index (χ0) is 16.2. The highest BCUT2D eigenvalue weighted by Gasteiger charge is 2.09. The summed E-state index contributed by atoms with van der Waals surface area (Å²) < 4.78 is 1.18. The Hall–Kier alpha value is -2.73. The molecule has 0 fully saturated rings. The molecule has 0 unspecified atom stereocenters. The SMILES string of the molecule is Cc1sccc1NC(=O)Cn1nc(-c2ccccc2)ccc1=O. The molecule has 0 bridgehead atoms. The lowest BCUT2D eigenvalue weighted by Gasteiger charge is -2.08. The van der Waals surface area contributed by atoms with E-state index < -0.39 is 0 Å². The Morgan fingerprint density at radius 3 is 2.65 bits per heavy atom. The highest BCUT2D eigenvalue weighted by atomic mass is 32.1. The minimum Gasteiger partial charge on any atom is -0.323 e. The van der Waals surface area contributed by atoms with Crippen LogP contribution in [-0.2, 0) is 11.3 Å². The van der Waals surface area contributed by atoms with Crippen LogP contribution in [0.25, 0.3) is 11.3 Å². The molecule has 0 aliphatic rings. The van der Waals surface area contributed by atoms with Crippen LogP contribution in [0.3, 0.4) is 0 Å². The lowest BCUT2D eigenvalue weighted by Crippen LogP contribution is -2.29. The van der Waals surface area contributed by atoms with Gasteiger partial charge in [0.2, 0.25) is 5.91 Å². The number of thiophene rings is 1. The number of aryl methyl sites for hydroxylation is 1. The van der Waals surface area contributed by atoms with Gasteiger partial charge in [0.15, 0.2) is 0 Å². The second kappa shape index (κ2) is 6.58. The van der Waals surface area contributed by atoms with Crippen LogP contribution in [0.4, 0.5) is 5.69 Å². The number of carbonyl (C=O) groups is 1. The molecule has 23 heavy (non-hydrogen) atoms. The molecule has 3 aromatic rings. The molecule has 2 heterocycles. The smallest absolute Gasteiger partial charge is 0.267 e. The Morgan fingerprint density at radius 2 is 1.96 bits per heavy atom. The maximum Gasteiger partial charge on any atom is 0.267 e. The molecule has 1 N–H and O–H groups in total. The Bertz CT molecular complexity index is 884. The summed E-state index contributed by atoms with van der Waals surface area (Å²) in [6, 6.07) is 14.5. The monoisotopic (exact) mass is 325 g/mol. The molecule has 116 valence electrons. The van der Waals surface area contributed by atoms with E-state index >= 15 is 0 Å². The van der Waals surface area contributed by atoms with E-state index in [2.05, 4.69) is 10.4 Å². The third-order valence-corrected chi connectivity index (χ3v) is 4.21. The molecule has 1 aromatic carbocycles. The first kappa shape index (κ1) is 15.2. The fraction of sp³-hybridized carbons (Fsp3) is 0.118. The van der Waals surface area contributed by atoms with Gasteiger partial charge in [-0.3, -0.25) is 9.59 Å². The van der Waals surface area contributed by atoms with Crippen molar-refractivity contribution < 1.29 is 4.79 Å². The fourth-order valence-corrected chi connectivity index (χ4v) is 2.82. The predicted molar refractivity (Wildman–Crippen MR) is 91.6 cm³/mol. The van der Waals surface area contributed by atoms with Crippen molar-refractivity contribution in [3.05, 3.63) is 69.1 Å². The van der Waals surface area contributed by atoms with Gasteiger partial charge >= 0.3 is 0 Å². The van der Waals surface area contributed by atoms with Gasteiger partial charge in [0, 0.05) is 16.5 Å². The van der Waals surface area contributed by atoms with Crippen LogP contribution in [0.5, 0.6) is 0 Å². The quantitative estimate of drug-likeness (QED) is 0.802. The number of hydrogen-bond acceptors (Lipinski definition) is 4. The van der Waals surface area contributed by atoms with Crippen molar-refractivity contribution in [1.82, 2.24) is 9.78 Å². The van der Waals surface area contributed by atoms with Crippen molar-refractivity contribution in [1.29, 1.82) is 0 Å². The zero-order valence-electron chi connectivity index (χ0n) is 12.5.